The lowest BCUT2D eigenvalue weighted by atomic mass is 9.86. The lowest BCUT2D eigenvalue weighted by molar-refractivity contribution is -0.142. The summed E-state index contributed by atoms with van der Waals surface area (Å²) in [5.74, 6) is -1.38. The number of pyridine rings is 1. The molecule has 7 nitrogen and oxygen atoms in total. The fraction of sp³-hybridized carbons (Fsp3) is 0.500. The van der Waals surface area contributed by atoms with Gasteiger partial charge in [-0.2, -0.15) is 8.78 Å². The van der Waals surface area contributed by atoms with Gasteiger partial charge in [0, 0.05) is 12.1 Å². The third-order valence-electron chi connectivity index (χ3n) is 3.62. The molecule has 23 heavy (non-hydrogen) atoms. The van der Waals surface area contributed by atoms with Gasteiger partial charge in [-0.15, -0.1) is 0 Å². The predicted octanol–water partition coefficient (Wildman–Crippen LogP) is 2.45. The summed E-state index contributed by atoms with van der Waals surface area (Å²) in [6.45, 7) is -2.95. The predicted molar refractivity (Wildman–Crippen MR) is 76.4 cm³/mol. The van der Waals surface area contributed by atoms with E-state index in [1.165, 1.54) is 18.3 Å². The zero-order chi connectivity index (χ0) is 16.8. The van der Waals surface area contributed by atoms with Gasteiger partial charge in [-0.05, 0) is 31.7 Å². The number of rotatable bonds is 5. The number of hydrogen-bond acceptors (Lipinski definition) is 4. The number of halogens is 2. The Morgan fingerprint density at radius 1 is 1.26 bits per heavy atom. The van der Waals surface area contributed by atoms with Crippen LogP contribution in [0.3, 0.4) is 0 Å². The molecule has 2 rings (SSSR count). The maximum Gasteiger partial charge on any atom is 0.388 e. The highest BCUT2D eigenvalue weighted by atomic mass is 19.3. The van der Waals surface area contributed by atoms with Crippen molar-refractivity contribution in [2.45, 2.75) is 38.3 Å². The number of hydrogen-bond donors (Lipinski definition) is 3. The summed E-state index contributed by atoms with van der Waals surface area (Å²) in [4.78, 5) is 26.3. The molecule has 0 spiro atoms. The Balaban J connectivity index is 1.78. The van der Waals surface area contributed by atoms with Crippen molar-refractivity contribution in [2.75, 3.05) is 5.32 Å². The second kappa shape index (κ2) is 7.70. The molecule has 1 aliphatic rings. The number of nitrogens with zero attached hydrogens (tertiary/aromatic N) is 1. The largest absolute Gasteiger partial charge is 0.481 e. The Hall–Kier alpha value is -2.45. The smallest absolute Gasteiger partial charge is 0.388 e. The first-order chi connectivity index (χ1) is 10.9. The molecule has 1 heterocycles. The molecule has 1 saturated carbocycles. The highest BCUT2D eigenvalue weighted by Crippen LogP contribution is 2.24. The van der Waals surface area contributed by atoms with Gasteiger partial charge in [0.2, 0.25) is 5.88 Å². The quantitative estimate of drug-likeness (QED) is 0.770. The fourth-order valence-electron chi connectivity index (χ4n) is 2.45. The molecule has 1 aliphatic carbocycles. The van der Waals surface area contributed by atoms with Crippen LogP contribution in [0.15, 0.2) is 18.3 Å². The van der Waals surface area contributed by atoms with Crippen LogP contribution in [0.2, 0.25) is 0 Å². The molecule has 0 aliphatic heterocycles. The van der Waals surface area contributed by atoms with Crippen molar-refractivity contribution in [2.24, 2.45) is 5.92 Å². The van der Waals surface area contributed by atoms with E-state index >= 15 is 0 Å². The van der Waals surface area contributed by atoms with Crippen molar-refractivity contribution in [3.63, 3.8) is 0 Å². The second-order valence-corrected chi connectivity index (χ2v) is 5.25. The minimum absolute atomic E-state index is 0.0833. The van der Waals surface area contributed by atoms with Gasteiger partial charge in [0.05, 0.1) is 17.8 Å². The van der Waals surface area contributed by atoms with Gasteiger partial charge < -0.3 is 20.5 Å². The molecule has 9 heteroatoms. The Labute approximate surface area is 131 Å². The number of carbonyl (C=O) groups excluding carboxylic acids is 1. The summed E-state index contributed by atoms with van der Waals surface area (Å²) in [7, 11) is 0. The number of urea groups is 1. The molecule has 126 valence electrons. The maximum absolute atomic E-state index is 12.0. The molecule has 0 aromatic carbocycles. The second-order valence-electron chi connectivity index (χ2n) is 5.25. The average molecular weight is 329 g/mol. The molecular formula is C14H17F2N3O4. The van der Waals surface area contributed by atoms with Crippen LogP contribution < -0.4 is 15.4 Å². The normalized spacial score (nSPS) is 20.8. The van der Waals surface area contributed by atoms with Crippen molar-refractivity contribution in [1.82, 2.24) is 10.3 Å². The summed E-state index contributed by atoms with van der Waals surface area (Å²) >= 11 is 0. The van der Waals surface area contributed by atoms with E-state index in [1.54, 1.807) is 0 Å². The lowest BCUT2D eigenvalue weighted by Gasteiger charge is -2.26. The van der Waals surface area contributed by atoms with Gasteiger partial charge in [-0.25, -0.2) is 9.78 Å². The van der Waals surface area contributed by atoms with Crippen LogP contribution in [-0.4, -0.2) is 34.7 Å². The van der Waals surface area contributed by atoms with Crippen molar-refractivity contribution < 1.29 is 28.2 Å². The third-order valence-corrected chi connectivity index (χ3v) is 3.62. The first kappa shape index (κ1) is 16.9. The van der Waals surface area contributed by atoms with E-state index in [2.05, 4.69) is 20.4 Å². The number of carboxylic acid groups (broad SMARTS) is 1. The topological polar surface area (TPSA) is 101 Å². The third kappa shape index (κ3) is 5.35. The van der Waals surface area contributed by atoms with Crippen molar-refractivity contribution in [1.29, 1.82) is 0 Å². The van der Waals surface area contributed by atoms with Crippen LogP contribution in [0.5, 0.6) is 5.88 Å². The Morgan fingerprint density at radius 3 is 2.48 bits per heavy atom. The van der Waals surface area contributed by atoms with Gasteiger partial charge >= 0.3 is 18.6 Å². The van der Waals surface area contributed by atoms with Crippen LogP contribution in [0.4, 0.5) is 19.3 Å². The van der Waals surface area contributed by atoms with Crippen LogP contribution >= 0.6 is 0 Å². The first-order valence-electron chi connectivity index (χ1n) is 7.15. The van der Waals surface area contributed by atoms with E-state index in [0.29, 0.717) is 31.4 Å². The number of nitrogens with one attached hydrogen (secondary N) is 2. The number of carboxylic acids is 1. The fourth-order valence-corrected chi connectivity index (χ4v) is 2.45. The number of anilines is 1. The Bertz CT molecular complexity index is 545. The first-order valence-corrected chi connectivity index (χ1v) is 7.15. The number of amides is 2. The van der Waals surface area contributed by atoms with Crippen molar-refractivity contribution in [3.8, 4) is 5.88 Å². The number of alkyl halides is 2. The minimum Gasteiger partial charge on any atom is -0.481 e. The number of aliphatic carboxylic acids is 1. The van der Waals surface area contributed by atoms with E-state index < -0.39 is 18.6 Å². The molecule has 0 saturated heterocycles. The van der Waals surface area contributed by atoms with Crippen molar-refractivity contribution >= 4 is 17.7 Å². The molecule has 3 N–H and O–H groups in total. The Morgan fingerprint density at radius 2 is 1.96 bits per heavy atom. The molecule has 1 aromatic rings. The summed E-state index contributed by atoms with van der Waals surface area (Å²) in [5, 5.41) is 14.2. The van der Waals surface area contributed by atoms with E-state index in [-0.39, 0.29) is 17.8 Å². The summed E-state index contributed by atoms with van der Waals surface area (Å²) in [6.07, 6.45) is 3.47. The zero-order valence-corrected chi connectivity index (χ0v) is 12.2. The van der Waals surface area contributed by atoms with E-state index in [9.17, 15) is 18.4 Å². The van der Waals surface area contributed by atoms with Crippen LogP contribution in [0, 0.1) is 5.92 Å². The van der Waals surface area contributed by atoms with Crippen LogP contribution in [0.1, 0.15) is 25.7 Å². The molecular weight excluding hydrogens is 312 g/mol. The summed E-state index contributed by atoms with van der Waals surface area (Å²) < 4.78 is 28.1. The monoisotopic (exact) mass is 329 g/mol. The van der Waals surface area contributed by atoms with E-state index in [0.717, 1.165) is 0 Å². The van der Waals surface area contributed by atoms with E-state index in [4.69, 9.17) is 5.11 Å². The van der Waals surface area contributed by atoms with Crippen LogP contribution in [0.25, 0.3) is 0 Å². The minimum atomic E-state index is -2.95. The number of carbonyl (C=O) groups is 2. The van der Waals surface area contributed by atoms with Gasteiger partial charge in [0.25, 0.3) is 0 Å². The molecule has 0 atom stereocenters. The molecule has 0 bridgehead atoms. The highest BCUT2D eigenvalue weighted by Gasteiger charge is 2.26. The van der Waals surface area contributed by atoms with Gasteiger partial charge in [0.15, 0.2) is 0 Å². The van der Waals surface area contributed by atoms with Gasteiger partial charge in [0.1, 0.15) is 0 Å². The van der Waals surface area contributed by atoms with Gasteiger partial charge in [-0.1, -0.05) is 0 Å². The number of ether oxygens (including phenoxy) is 1. The zero-order valence-electron chi connectivity index (χ0n) is 12.2. The molecule has 1 fully saturated rings. The lowest BCUT2D eigenvalue weighted by Crippen LogP contribution is -2.41. The summed E-state index contributed by atoms with van der Waals surface area (Å²) in [5.41, 5.74) is 0.336. The average Bonchev–Trinajstić information content (AvgIpc) is 2.49. The standard InChI is InChI=1S/C14H17F2N3O4/c15-13(16)23-11-6-5-10(7-17-11)19-14(22)18-9-3-1-8(2-4-9)12(20)21/h5-9,13H,1-4H2,(H,20,21)(H2,18,19,22). The Kier molecular flexibility index (Phi) is 5.67. The molecule has 0 unspecified atom stereocenters. The molecule has 0 radical (unpaired) electrons. The SMILES string of the molecule is O=C(Nc1ccc(OC(F)F)nc1)NC1CCC(C(=O)O)CC1. The molecule has 1 aromatic heterocycles. The highest BCUT2D eigenvalue weighted by molar-refractivity contribution is 5.89. The number of aromatic nitrogens is 1. The summed E-state index contributed by atoms with van der Waals surface area (Å²) in [6, 6.07) is 2.08. The van der Waals surface area contributed by atoms with Crippen LogP contribution in [-0.2, 0) is 4.79 Å². The maximum atomic E-state index is 12.0. The molecule has 2 amide bonds. The van der Waals surface area contributed by atoms with Crippen molar-refractivity contribution in [3.05, 3.63) is 18.3 Å². The van der Waals surface area contributed by atoms with E-state index in [1.807, 2.05) is 0 Å². The van der Waals surface area contributed by atoms with Gasteiger partial charge in [-0.3, -0.25) is 4.79 Å².